The van der Waals surface area contributed by atoms with Crippen molar-refractivity contribution in [2.24, 2.45) is 0 Å². The van der Waals surface area contributed by atoms with Gasteiger partial charge in [0.1, 0.15) is 11.5 Å². The van der Waals surface area contributed by atoms with Crippen LogP contribution in [0, 0.1) is 12.7 Å². The lowest BCUT2D eigenvalue weighted by molar-refractivity contribution is 0.0922. The van der Waals surface area contributed by atoms with Crippen LogP contribution in [0.5, 0.6) is 0 Å². The van der Waals surface area contributed by atoms with Gasteiger partial charge in [0.2, 0.25) is 5.43 Å². The van der Waals surface area contributed by atoms with E-state index in [0.29, 0.717) is 12.2 Å². The van der Waals surface area contributed by atoms with Crippen LogP contribution in [0.1, 0.15) is 29.0 Å². The number of aryl methyl sites for hydroxylation is 1. The van der Waals surface area contributed by atoms with E-state index in [0.717, 1.165) is 19.4 Å². The highest BCUT2D eigenvalue weighted by Gasteiger charge is 2.21. The second-order valence-electron chi connectivity index (χ2n) is 5.88. The van der Waals surface area contributed by atoms with Crippen LogP contribution in [0.2, 0.25) is 0 Å². The Morgan fingerprint density at radius 3 is 2.84 bits per heavy atom. The number of hydrogen-bond donors (Lipinski definition) is 2. The summed E-state index contributed by atoms with van der Waals surface area (Å²) in [7, 11) is 0. The molecule has 0 saturated carbocycles. The van der Waals surface area contributed by atoms with Crippen molar-refractivity contribution in [2.45, 2.75) is 25.8 Å². The Bertz CT molecular complexity index is 819. The van der Waals surface area contributed by atoms with Gasteiger partial charge < -0.3 is 10.6 Å². The molecule has 6 nitrogen and oxygen atoms in total. The monoisotopic (exact) mass is 366 g/mol. The molecule has 2 N–H and O–H groups in total. The van der Waals surface area contributed by atoms with E-state index in [-0.39, 0.29) is 29.8 Å². The molecule has 134 valence electrons. The number of halogens is 2. The van der Waals surface area contributed by atoms with E-state index in [1.165, 1.54) is 16.8 Å². The summed E-state index contributed by atoms with van der Waals surface area (Å²) in [5.41, 5.74) is -0.0415. The number of carbonyl (C=O) groups excluding carboxylic acids is 1. The fourth-order valence-corrected chi connectivity index (χ4v) is 2.80. The average Bonchev–Trinajstić information content (AvgIpc) is 2.57. The van der Waals surface area contributed by atoms with Crippen LogP contribution < -0.4 is 16.1 Å². The summed E-state index contributed by atoms with van der Waals surface area (Å²) in [5, 5.41) is 10.1. The lowest BCUT2D eigenvalue weighted by atomic mass is 10.1. The summed E-state index contributed by atoms with van der Waals surface area (Å²) in [5.74, 6) is -1.00. The zero-order valence-corrected chi connectivity index (χ0v) is 14.6. The molecule has 0 spiro atoms. The van der Waals surface area contributed by atoms with Gasteiger partial charge in [0.25, 0.3) is 5.91 Å². The van der Waals surface area contributed by atoms with E-state index in [2.05, 4.69) is 15.7 Å². The molecule has 1 aromatic heterocycles. The molecule has 1 aromatic carbocycles. The van der Waals surface area contributed by atoms with Gasteiger partial charge >= 0.3 is 0 Å². The Morgan fingerprint density at radius 2 is 2.16 bits per heavy atom. The third kappa shape index (κ3) is 4.24. The molecule has 8 heteroatoms. The third-order valence-electron chi connectivity index (χ3n) is 4.04. The van der Waals surface area contributed by atoms with Crippen molar-refractivity contribution < 1.29 is 9.18 Å². The molecule has 25 heavy (non-hydrogen) atoms. The number of rotatable bonds is 3. The minimum Gasteiger partial charge on any atom is -0.347 e. The molecular formula is C17H20ClFN4O2. The molecule has 1 atom stereocenters. The van der Waals surface area contributed by atoms with Crippen molar-refractivity contribution in [1.29, 1.82) is 0 Å². The SMILES string of the molecule is Cc1cc(=O)c(C(=O)NC2CCCNC2)nn1-c1ccccc1F.Cl. The zero-order valence-electron chi connectivity index (χ0n) is 13.8. The van der Waals surface area contributed by atoms with Crippen molar-refractivity contribution in [3.63, 3.8) is 0 Å². The van der Waals surface area contributed by atoms with E-state index >= 15 is 0 Å². The van der Waals surface area contributed by atoms with Crippen LogP contribution in [0.4, 0.5) is 4.39 Å². The molecule has 1 fully saturated rings. The lowest BCUT2D eigenvalue weighted by Gasteiger charge is -2.23. The standard InChI is InChI=1S/C17H19FN4O2.ClH/c1-11-9-15(23)16(17(24)20-12-5-4-8-19-10-12)21-22(11)14-7-3-2-6-13(14)18;/h2-3,6-7,9,12,19H,4-5,8,10H2,1H3,(H,20,24);1H. The van der Waals surface area contributed by atoms with E-state index in [4.69, 9.17) is 0 Å². The molecule has 0 bridgehead atoms. The molecule has 2 aromatic rings. The largest absolute Gasteiger partial charge is 0.347 e. The predicted octanol–water partition coefficient (Wildman–Crippen LogP) is 1.58. The smallest absolute Gasteiger partial charge is 0.276 e. The van der Waals surface area contributed by atoms with Gasteiger partial charge in [-0.05, 0) is 38.4 Å². The summed E-state index contributed by atoms with van der Waals surface area (Å²) in [6, 6.07) is 7.36. The maximum atomic E-state index is 14.0. The van der Waals surface area contributed by atoms with Crippen LogP contribution in [0.3, 0.4) is 0 Å². The first-order valence-corrected chi connectivity index (χ1v) is 7.94. The Hall–Kier alpha value is -2.25. The first-order valence-electron chi connectivity index (χ1n) is 7.94. The Kier molecular flexibility index (Phi) is 6.27. The van der Waals surface area contributed by atoms with E-state index in [1.54, 1.807) is 25.1 Å². The Balaban J connectivity index is 0.00000225. The number of amides is 1. The fourth-order valence-electron chi connectivity index (χ4n) is 2.80. The molecule has 2 heterocycles. The summed E-state index contributed by atoms with van der Waals surface area (Å²) < 4.78 is 15.3. The lowest BCUT2D eigenvalue weighted by Crippen LogP contribution is -2.47. The number of piperidine rings is 1. The number of para-hydroxylation sites is 1. The number of nitrogens with one attached hydrogen (secondary N) is 2. The molecule has 1 amide bonds. The zero-order chi connectivity index (χ0) is 17.1. The van der Waals surface area contributed by atoms with E-state index in [9.17, 15) is 14.0 Å². The van der Waals surface area contributed by atoms with Crippen LogP contribution in [0.15, 0.2) is 35.1 Å². The second-order valence-corrected chi connectivity index (χ2v) is 5.88. The Labute approximate surface area is 150 Å². The van der Waals surface area contributed by atoms with Crippen LogP contribution >= 0.6 is 12.4 Å². The number of benzene rings is 1. The predicted molar refractivity (Wildman–Crippen MR) is 95.1 cm³/mol. The first-order chi connectivity index (χ1) is 11.6. The summed E-state index contributed by atoms with van der Waals surface area (Å²) in [6.07, 6.45) is 1.82. The molecule has 0 aliphatic carbocycles. The van der Waals surface area contributed by atoms with E-state index < -0.39 is 17.2 Å². The number of aromatic nitrogens is 2. The maximum Gasteiger partial charge on any atom is 0.276 e. The van der Waals surface area contributed by atoms with Crippen molar-refractivity contribution in [2.75, 3.05) is 13.1 Å². The van der Waals surface area contributed by atoms with Crippen molar-refractivity contribution in [1.82, 2.24) is 20.4 Å². The number of hydrogen-bond acceptors (Lipinski definition) is 4. The molecular weight excluding hydrogens is 347 g/mol. The van der Waals surface area contributed by atoms with Crippen LogP contribution in [-0.4, -0.2) is 34.8 Å². The normalized spacial score (nSPS) is 16.8. The maximum absolute atomic E-state index is 14.0. The topological polar surface area (TPSA) is 76.0 Å². The number of carbonyl (C=O) groups is 1. The van der Waals surface area contributed by atoms with Crippen molar-refractivity contribution in [3.05, 3.63) is 57.8 Å². The van der Waals surface area contributed by atoms with Gasteiger partial charge in [-0.3, -0.25) is 9.59 Å². The minimum atomic E-state index is -0.529. The number of nitrogens with zero attached hydrogens (tertiary/aromatic N) is 2. The molecule has 0 radical (unpaired) electrons. The Morgan fingerprint density at radius 1 is 1.40 bits per heavy atom. The summed E-state index contributed by atoms with van der Waals surface area (Å²) >= 11 is 0. The van der Waals surface area contributed by atoms with Crippen LogP contribution in [-0.2, 0) is 0 Å². The molecule has 1 aliphatic heterocycles. The highest BCUT2D eigenvalue weighted by Crippen LogP contribution is 2.13. The first kappa shape index (κ1) is 19.1. The summed E-state index contributed by atoms with van der Waals surface area (Å²) in [6.45, 7) is 3.24. The highest BCUT2D eigenvalue weighted by atomic mass is 35.5. The minimum absolute atomic E-state index is 0. The summed E-state index contributed by atoms with van der Waals surface area (Å²) in [4.78, 5) is 24.6. The average molecular weight is 367 g/mol. The van der Waals surface area contributed by atoms with Crippen molar-refractivity contribution >= 4 is 18.3 Å². The molecule has 1 saturated heterocycles. The van der Waals surface area contributed by atoms with Gasteiger partial charge in [0.05, 0.1) is 0 Å². The molecule has 1 unspecified atom stereocenters. The van der Waals surface area contributed by atoms with Gasteiger partial charge in [-0.1, -0.05) is 12.1 Å². The highest BCUT2D eigenvalue weighted by molar-refractivity contribution is 5.92. The van der Waals surface area contributed by atoms with Gasteiger partial charge in [0.15, 0.2) is 5.69 Å². The second kappa shape index (κ2) is 8.22. The van der Waals surface area contributed by atoms with Gasteiger partial charge in [-0.15, -0.1) is 12.4 Å². The van der Waals surface area contributed by atoms with Crippen molar-refractivity contribution in [3.8, 4) is 5.69 Å². The van der Waals surface area contributed by atoms with Gasteiger partial charge in [-0.25, -0.2) is 9.07 Å². The van der Waals surface area contributed by atoms with Gasteiger partial charge in [-0.2, -0.15) is 5.10 Å². The van der Waals surface area contributed by atoms with Gasteiger partial charge in [0, 0.05) is 24.3 Å². The molecule has 3 rings (SSSR count). The van der Waals surface area contributed by atoms with E-state index in [1.807, 2.05) is 0 Å². The molecule has 1 aliphatic rings. The quantitative estimate of drug-likeness (QED) is 0.864. The third-order valence-corrected chi connectivity index (χ3v) is 4.04. The van der Waals surface area contributed by atoms with Crippen LogP contribution in [0.25, 0.3) is 5.69 Å². The fraction of sp³-hybridized carbons (Fsp3) is 0.353.